The third-order valence-electron chi connectivity index (χ3n) is 3.30. The van der Waals surface area contributed by atoms with Gasteiger partial charge in [0.2, 0.25) is 0 Å². The molecule has 0 saturated carbocycles. The molecule has 0 radical (unpaired) electrons. The molecule has 0 aliphatic carbocycles. The maximum Gasteiger partial charge on any atom is 0.337 e. The number of benzene rings is 2. The molecule has 0 fully saturated rings. The van der Waals surface area contributed by atoms with Crippen LogP contribution in [0, 0.1) is 0 Å². The Hall–Kier alpha value is -2.46. The number of carbonyl (C=O) groups is 2. The summed E-state index contributed by atoms with van der Waals surface area (Å²) in [5, 5.41) is 1.02. The molecule has 0 aliphatic rings. The predicted molar refractivity (Wildman–Crippen MR) is 84.0 cm³/mol. The van der Waals surface area contributed by atoms with Gasteiger partial charge < -0.3 is 4.74 Å². The lowest BCUT2D eigenvalue weighted by molar-refractivity contribution is 0.0600. The highest BCUT2D eigenvalue weighted by Gasteiger charge is 2.15. The summed E-state index contributed by atoms with van der Waals surface area (Å²) in [6, 6.07) is 15.0. The van der Waals surface area contributed by atoms with E-state index in [1.165, 1.54) is 18.4 Å². The van der Waals surface area contributed by atoms with E-state index in [1.54, 1.807) is 18.2 Å². The summed E-state index contributed by atoms with van der Waals surface area (Å²) in [6.07, 6.45) is 0.866. The third-order valence-corrected chi connectivity index (χ3v) is 4.40. The van der Waals surface area contributed by atoms with Crippen LogP contribution in [0.1, 0.15) is 20.0 Å². The number of methoxy groups -OCH3 is 1. The molecule has 21 heavy (non-hydrogen) atoms. The number of carbonyl (C=O) groups excluding carboxylic acids is 2. The minimum Gasteiger partial charge on any atom is -0.465 e. The predicted octanol–water partition coefficient (Wildman–Crippen LogP) is 4.17. The summed E-state index contributed by atoms with van der Waals surface area (Å²) in [5.41, 5.74) is 2.19. The van der Waals surface area contributed by atoms with Crippen LogP contribution in [0.3, 0.4) is 0 Å². The zero-order valence-corrected chi connectivity index (χ0v) is 12.1. The second-order valence-corrected chi connectivity index (χ2v) is 5.61. The highest BCUT2D eigenvalue weighted by Crippen LogP contribution is 2.38. The molecule has 1 heterocycles. The maximum absolute atomic E-state index is 11.7. The number of esters is 1. The van der Waals surface area contributed by atoms with E-state index in [1.807, 2.05) is 30.3 Å². The molecule has 0 aliphatic heterocycles. The second-order valence-electron chi connectivity index (χ2n) is 4.53. The summed E-state index contributed by atoms with van der Waals surface area (Å²) in [7, 11) is 1.35. The fraction of sp³-hybridized carbons (Fsp3) is 0.0588. The van der Waals surface area contributed by atoms with Gasteiger partial charge >= 0.3 is 5.97 Å². The van der Waals surface area contributed by atoms with Gasteiger partial charge in [0.1, 0.15) is 0 Å². The van der Waals surface area contributed by atoms with Gasteiger partial charge in [-0.1, -0.05) is 30.3 Å². The number of ether oxygens (including phenoxy) is 1. The van der Waals surface area contributed by atoms with Gasteiger partial charge in [0.15, 0.2) is 6.29 Å². The molecule has 0 amide bonds. The molecular weight excluding hydrogens is 284 g/mol. The maximum atomic E-state index is 11.7. The molecular formula is C17H12O3S. The lowest BCUT2D eigenvalue weighted by atomic mass is 10.0. The molecule has 3 rings (SSSR count). The van der Waals surface area contributed by atoms with E-state index in [-0.39, 0.29) is 5.97 Å². The molecule has 1 aromatic heterocycles. The molecule has 3 aromatic rings. The average molecular weight is 296 g/mol. The molecule has 3 nitrogen and oxygen atoms in total. The molecule has 0 N–H and O–H groups in total. The highest BCUT2D eigenvalue weighted by atomic mass is 32.1. The first-order valence-corrected chi connectivity index (χ1v) is 7.21. The van der Waals surface area contributed by atoms with Gasteiger partial charge in [-0.3, -0.25) is 4.79 Å². The summed E-state index contributed by atoms with van der Waals surface area (Å²) >= 11 is 1.45. The summed E-state index contributed by atoms with van der Waals surface area (Å²) < 4.78 is 5.80. The summed E-state index contributed by atoms with van der Waals surface area (Å²) in [4.78, 5) is 23.7. The normalized spacial score (nSPS) is 10.5. The third kappa shape index (κ3) is 2.34. The van der Waals surface area contributed by atoms with E-state index in [0.29, 0.717) is 10.4 Å². The Morgan fingerprint density at radius 2 is 1.95 bits per heavy atom. The minimum atomic E-state index is -0.385. The Kier molecular flexibility index (Phi) is 3.54. The van der Waals surface area contributed by atoms with Crippen LogP contribution < -0.4 is 0 Å². The van der Waals surface area contributed by atoms with Crippen molar-refractivity contribution < 1.29 is 14.3 Å². The van der Waals surface area contributed by atoms with Crippen LogP contribution >= 0.6 is 11.3 Å². The molecule has 0 bridgehead atoms. The van der Waals surface area contributed by atoms with Crippen LogP contribution in [0.5, 0.6) is 0 Å². The van der Waals surface area contributed by atoms with Crippen LogP contribution in [0.2, 0.25) is 0 Å². The van der Waals surface area contributed by atoms with Crippen molar-refractivity contribution in [3.63, 3.8) is 0 Å². The Bertz CT molecular complexity index is 833. The molecule has 0 saturated heterocycles. The zero-order valence-electron chi connectivity index (χ0n) is 11.3. The van der Waals surface area contributed by atoms with Crippen LogP contribution in [0.4, 0.5) is 0 Å². The van der Waals surface area contributed by atoms with E-state index in [9.17, 15) is 9.59 Å². The van der Waals surface area contributed by atoms with Crippen LogP contribution in [0.25, 0.3) is 21.2 Å². The zero-order chi connectivity index (χ0) is 14.8. The van der Waals surface area contributed by atoms with Gasteiger partial charge in [-0.25, -0.2) is 4.79 Å². The minimum absolute atomic E-state index is 0.385. The first-order valence-electron chi connectivity index (χ1n) is 6.40. The second kappa shape index (κ2) is 5.50. The molecule has 104 valence electrons. The Labute approximate surface area is 125 Å². The number of hydrogen-bond acceptors (Lipinski definition) is 4. The number of hydrogen-bond donors (Lipinski definition) is 0. The van der Waals surface area contributed by atoms with Crippen molar-refractivity contribution in [2.45, 2.75) is 0 Å². The van der Waals surface area contributed by atoms with Crippen molar-refractivity contribution >= 4 is 33.7 Å². The molecule has 0 spiro atoms. The summed E-state index contributed by atoms with van der Waals surface area (Å²) in [6.45, 7) is 0. The fourth-order valence-corrected chi connectivity index (χ4v) is 3.41. The topological polar surface area (TPSA) is 43.4 Å². The molecule has 4 heteroatoms. The van der Waals surface area contributed by atoms with Crippen molar-refractivity contribution in [1.82, 2.24) is 0 Å². The van der Waals surface area contributed by atoms with Crippen LogP contribution in [0.15, 0.2) is 48.5 Å². The number of aldehydes is 1. The Morgan fingerprint density at radius 1 is 1.14 bits per heavy atom. The van der Waals surface area contributed by atoms with Gasteiger partial charge in [-0.2, -0.15) is 0 Å². The quantitative estimate of drug-likeness (QED) is 0.538. The van der Waals surface area contributed by atoms with E-state index < -0.39 is 0 Å². The molecule has 2 aromatic carbocycles. The van der Waals surface area contributed by atoms with E-state index in [4.69, 9.17) is 4.74 Å². The van der Waals surface area contributed by atoms with Crippen molar-refractivity contribution in [3.05, 3.63) is 59.0 Å². The monoisotopic (exact) mass is 296 g/mol. The van der Waals surface area contributed by atoms with Crippen molar-refractivity contribution in [1.29, 1.82) is 0 Å². The van der Waals surface area contributed by atoms with E-state index >= 15 is 0 Å². The number of rotatable bonds is 3. The first-order chi connectivity index (χ1) is 10.2. The Balaban J connectivity index is 2.25. The lowest BCUT2D eigenvalue weighted by Crippen LogP contribution is -2.00. The van der Waals surface area contributed by atoms with E-state index in [0.717, 1.165) is 27.5 Å². The largest absolute Gasteiger partial charge is 0.465 e. The first kappa shape index (κ1) is 13.5. The van der Waals surface area contributed by atoms with Gasteiger partial charge in [-0.15, -0.1) is 11.3 Å². The van der Waals surface area contributed by atoms with Gasteiger partial charge in [-0.05, 0) is 23.8 Å². The van der Waals surface area contributed by atoms with E-state index in [2.05, 4.69) is 0 Å². The Morgan fingerprint density at radius 3 is 2.71 bits per heavy atom. The van der Waals surface area contributed by atoms with Crippen LogP contribution in [-0.2, 0) is 4.74 Å². The van der Waals surface area contributed by atoms with Crippen LogP contribution in [-0.4, -0.2) is 19.4 Å². The van der Waals surface area contributed by atoms with Crippen molar-refractivity contribution in [3.8, 4) is 11.1 Å². The van der Waals surface area contributed by atoms with Gasteiger partial charge in [0, 0.05) is 15.6 Å². The number of thiophene rings is 1. The van der Waals surface area contributed by atoms with Gasteiger partial charge in [0.25, 0.3) is 0 Å². The van der Waals surface area contributed by atoms with Gasteiger partial charge in [0.05, 0.1) is 17.6 Å². The summed E-state index contributed by atoms with van der Waals surface area (Å²) in [5.74, 6) is -0.385. The number of fused-ring (bicyclic) bond motifs is 1. The highest BCUT2D eigenvalue weighted by molar-refractivity contribution is 7.21. The fourth-order valence-electron chi connectivity index (χ4n) is 2.36. The average Bonchev–Trinajstić information content (AvgIpc) is 2.92. The molecule has 0 unspecified atom stereocenters. The standard InChI is InChI=1S/C17H12O3S/c1-20-17(19)12-6-4-5-11(9-12)16-13-7-2-3-8-14(13)21-15(16)10-18/h2-10H,1H3. The smallest absolute Gasteiger partial charge is 0.337 e. The molecule has 0 atom stereocenters. The van der Waals surface area contributed by atoms with Crippen molar-refractivity contribution in [2.75, 3.05) is 7.11 Å². The van der Waals surface area contributed by atoms with Crippen molar-refractivity contribution in [2.24, 2.45) is 0 Å². The lowest BCUT2D eigenvalue weighted by Gasteiger charge is -2.04. The SMILES string of the molecule is COC(=O)c1cccc(-c2c(C=O)sc3ccccc23)c1.